The largest absolute Gasteiger partial charge is 0.126 e. The van der Waals surface area contributed by atoms with Gasteiger partial charge in [-0.05, 0) is 11.0 Å². The third kappa shape index (κ3) is 2.73. The number of alkyl halides is 1. The van der Waals surface area contributed by atoms with Crippen LogP contribution in [-0.4, -0.2) is 5.88 Å². The van der Waals surface area contributed by atoms with Gasteiger partial charge in [0, 0.05) is 11.8 Å². The molecular formula is C12H17Cl. The number of rotatable bonds is 2. The van der Waals surface area contributed by atoms with Crippen LogP contribution in [0.2, 0.25) is 0 Å². The molecule has 0 aromatic heterocycles. The Bertz CT molecular complexity index is 246. The average molecular weight is 197 g/mol. The number of halogens is 1. The van der Waals surface area contributed by atoms with E-state index in [0.717, 1.165) is 0 Å². The highest BCUT2D eigenvalue weighted by molar-refractivity contribution is 6.18. The Morgan fingerprint density at radius 2 is 1.69 bits per heavy atom. The van der Waals surface area contributed by atoms with Crippen molar-refractivity contribution < 1.29 is 0 Å². The molecule has 0 amide bonds. The van der Waals surface area contributed by atoms with Crippen molar-refractivity contribution in [3.8, 4) is 0 Å². The number of hydrogen-bond acceptors (Lipinski definition) is 0. The first-order chi connectivity index (χ1) is 6.05. The minimum Gasteiger partial charge on any atom is -0.126 e. The van der Waals surface area contributed by atoms with Crippen LogP contribution in [0, 0.1) is 5.41 Å². The molecule has 0 N–H and O–H groups in total. The third-order valence-corrected chi connectivity index (χ3v) is 2.71. The zero-order valence-electron chi connectivity index (χ0n) is 8.55. The molecule has 1 aromatic carbocycles. The molecule has 0 aliphatic rings. The smallest absolute Gasteiger partial charge is 0.0297 e. The summed E-state index contributed by atoms with van der Waals surface area (Å²) in [7, 11) is 0. The highest BCUT2D eigenvalue weighted by Crippen LogP contribution is 2.35. The molecule has 0 unspecified atom stereocenters. The van der Waals surface area contributed by atoms with Gasteiger partial charge >= 0.3 is 0 Å². The molecule has 0 radical (unpaired) electrons. The van der Waals surface area contributed by atoms with Crippen LogP contribution in [0.25, 0.3) is 0 Å². The molecule has 1 aromatic rings. The van der Waals surface area contributed by atoms with E-state index in [4.69, 9.17) is 11.6 Å². The van der Waals surface area contributed by atoms with Crippen molar-refractivity contribution in [3.05, 3.63) is 35.9 Å². The summed E-state index contributed by atoms with van der Waals surface area (Å²) >= 11 is 5.99. The maximum Gasteiger partial charge on any atom is 0.0297 e. The van der Waals surface area contributed by atoms with Gasteiger partial charge in [-0.3, -0.25) is 0 Å². The molecule has 0 bridgehead atoms. The molecule has 0 aliphatic carbocycles. The molecule has 13 heavy (non-hydrogen) atoms. The van der Waals surface area contributed by atoms with Gasteiger partial charge in [0.1, 0.15) is 0 Å². The van der Waals surface area contributed by atoms with E-state index in [9.17, 15) is 0 Å². The zero-order valence-corrected chi connectivity index (χ0v) is 9.31. The predicted molar refractivity (Wildman–Crippen MR) is 59.4 cm³/mol. The van der Waals surface area contributed by atoms with Crippen LogP contribution in [0.4, 0.5) is 0 Å². The Labute approximate surface area is 85.9 Å². The molecule has 72 valence electrons. The SMILES string of the molecule is CC(C)(C)[C@@H](CCl)c1ccccc1. The van der Waals surface area contributed by atoms with Gasteiger partial charge in [-0.1, -0.05) is 51.1 Å². The normalized spacial score (nSPS) is 14.2. The lowest BCUT2D eigenvalue weighted by atomic mass is 9.78. The van der Waals surface area contributed by atoms with Gasteiger partial charge in [0.2, 0.25) is 0 Å². The second-order valence-electron chi connectivity index (χ2n) is 4.48. The molecule has 0 aliphatic heterocycles. The van der Waals surface area contributed by atoms with Crippen molar-refractivity contribution in [1.29, 1.82) is 0 Å². The summed E-state index contributed by atoms with van der Waals surface area (Å²) in [5, 5.41) is 0. The van der Waals surface area contributed by atoms with Crippen LogP contribution in [0.3, 0.4) is 0 Å². The van der Waals surface area contributed by atoms with E-state index in [-0.39, 0.29) is 5.41 Å². The van der Waals surface area contributed by atoms with E-state index in [2.05, 4.69) is 45.0 Å². The molecule has 0 saturated heterocycles. The second-order valence-corrected chi connectivity index (χ2v) is 4.79. The van der Waals surface area contributed by atoms with Crippen molar-refractivity contribution in [2.45, 2.75) is 26.7 Å². The minimum absolute atomic E-state index is 0.239. The molecule has 0 heterocycles. The van der Waals surface area contributed by atoms with Gasteiger partial charge in [-0.25, -0.2) is 0 Å². The summed E-state index contributed by atoms with van der Waals surface area (Å²) in [6, 6.07) is 10.5. The van der Waals surface area contributed by atoms with E-state index < -0.39 is 0 Å². The molecule has 1 atom stereocenters. The van der Waals surface area contributed by atoms with Crippen LogP contribution < -0.4 is 0 Å². The van der Waals surface area contributed by atoms with Crippen molar-refractivity contribution in [2.75, 3.05) is 5.88 Å². The fourth-order valence-corrected chi connectivity index (χ4v) is 2.15. The minimum atomic E-state index is 0.239. The number of hydrogen-bond donors (Lipinski definition) is 0. The van der Waals surface area contributed by atoms with E-state index in [1.165, 1.54) is 5.56 Å². The van der Waals surface area contributed by atoms with E-state index >= 15 is 0 Å². The molecule has 1 heteroatoms. The lowest BCUT2D eigenvalue weighted by Crippen LogP contribution is -2.19. The Morgan fingerprint density at radius 1 is 1.15 bits per heavy atom. The van der Waals surface area contributed by atoms with E-state index in [1.54, 1.807) is 0 Å². The van der Waals surface area contributed by atoms with Crippen molar-refractivity contribution in [2.24, 2.45) is 5.41 Å². The van der Waals surface area contributed by atoms with E-state index in [0.29, 0.717) is 11.8 Å². The first-order valence-corrected chi connectivity index (χ1v) is 5.20. The topological polar surface area (TPSA) is 0 Å². The van der Waals surface area contributed by atoms with Crippen LogP contribution in [0.5, 0.6) is 0 Å². The summed E-state index contributed by atoms with van der Waals surface area (Å²) in [6.45, 7) is 6.69. The molecule has 1 rings (SSSR count). The Balaban J connectivity index is 2.92. The van der Waals surface area contributed by atoms with Gasteiger partial charge in [-0.15, -0.1) is 11.6 Å². The van der Waals surface area contributed by atoms with Crippen molar-refractivity contribution in [3.63, 3.8) is 0 Å². The lowest BCUT2D eigenvalue weighted by molar-refractivity contribution is 0.342. The Hall–Kier alpha value is -0.490. The first kappa shape index (κ1) is 10.6. The molecule has 0 saturated carbocycles. The summed E-state index contributed by atoms with van der Waals surface area (Å²) in [6.07, 6.45) is 0. The molecule has 0 fully saturated rings. The third-order valence-electron chi connectivity index (χ3n) is 2.40. The maximum absolute atomic E-state index is 5.99. The second kappa shape index (κ2) is 4.15. The quantitative estimate of drug-likeness (QED) is 0.626. The maximum atomic E-state index is 5.99. The molecule has 0 spiro atoms. The van der Waals surface area contributed by atoms with Gasteiger partial charge in [0.15, 0.2) is 0 Å². The Kier molecular flexibility index (Phi) is 3.38. The summed E-state index contributed by atoms with van der Waals surface area (Å²) in [5.41, 5.74) is 1.58. The van der Waals surface area contributed by atoms with E-state index in [1.807, 2.05) is 6.07 Å². The van der Waals surface area contributed by atoms with Crippen LogP contribution in [0.15, 0.2) is 30.3 Å². The van der Waals surface area contributed by atoms with Crippen LogP contribution in [0.1, 0.15) is 32.3 Å². The highest BCUT2D eigenvalue weighted by Gasteiger charge is 2.24. The monoisotopic (exact) mass is 196 g/mol. The zero-order chi connectivity index (χ0) is 9.90. The summed E-state index contributed by atoms with van der Waals surface area (Å²) in [5.74, 6) is 1.13. The highest BCUT2D eigenvalue weighted by atomic mass is 35.5. The fourth-order valence-electron chi connectivity index (χ4n) is 1.51. The number of benzene rings is 1. The van der Waals surface area contributed by atoms with Gasteiger partial charge in [0.25, 0.3) is 0 Å². The lowest BCUT2D eigenvalue weighted by Gasteiger charge is -2.29. The van der Waals surface area contributed by atoms with Crippen molar-refractivity contribution in [1.82, 2.24) is 0 Å². The summed E-state index contributed by atoms with van der Waals surface area (Å²) in [4.78, 5) is 0. The van der Waals surface area contributed by atoms with Crippen LogP contribution >= 0.6 is 11.6 Å². The van der Waals surface area contributed by atoms with Gasteiger partial charge in [0.05, 0.1) is 0 Å². The van der Waals surface area contributed by atoms with Crippen molar-refractivity contribution >= 4 is 11.6 Å². The average Bonchev–Trinajstić information content (AvgIpc) is 2.05. The van der Waals surface area contributed by atoms with Gasteiger partial charge < -0.3 is 0 Å². The van der Waals surface area contributed by atoms with Gasteiger partial charge in [-0.2, -0.15) is 0 Å². The van der Waals surface area contributed by atoms with Crippen LogP contribution in [-0.2, 0) is 0 Å². The standard InChI is InChI=1S/C12H17Cl/c1-12(2,3)11(9-13)10-7-5-4-6-8-10/h4-8,11H,9H2,1-3H3/t11-/m0/s1. The summed E-state index contributed by atoms with van der Waals surface area (Å²) < 4.78 is 0. The molecular weight excluding hydrogens is 180 g/mol. The Morgan fingerprint density at radius 3 is 2.08 bits per heavy atom. The first-order valence-electron chi connectivity index (χ1n) is 4.66. The fraction of sp³-hybridized carbons (Fsp3) is 0.500. The predicted octanol–water partition coefficient (Wildman–Crippen LogP) is 4.06. The molecule has 0 nitrogen and oxygen atoms in total.